The van der Waals surface area contributed by atoms with E-state index in [-0.39, 0.29) is 23.7 Å². The van der Waals surface area contributed by atoms with Gasteiger partial charge in [-0.25, -0.2) is 0 Å². The number of amides is 1. The maximum absolute atomic E-state index is 12.4. The number of benzene rings is 1. The van der Waals surface area contributed by atoms with Crippen LogP contribution in [-0.4, -0.2) is 35.7 Å². The highest BCUT2D eigenvalue weighted by Gasteiger charge is 2.32. The molecule has 0 bridgehead atoms. The first-order valence-corrected chi connectivity index (χ1v) is 7.19. The van der Waals surface area contributed by atoms with E-state index >= 15 is 0 Å². The Hall–Kier alpha value is -1.68. The highest BCUT2D eigenvalue weighted by atomic mass is 16.1. The van der Waals surface area contributed by atoms with Gasteiger partial charge in [0.15, 0.2) is 5.78 Å². The molecule has 1 aliphatic rings. The second-order valence-electron chi connectivity index (χ2n) is 5.47. The van der Waals surface area contributed by atoms with Crippen molar-refractivity contribution in [3.05, 3.63) is 35.4 Å². The maximum Gasteiger partial charge on any atom is 0.221 e. The zero-order valence-electron chi connectivity index (χ0n) is 12.1. The molecule has 0 aliphatic carbocycles. The highest BCUT2D eigenvalue weighted by molar-refractivity contribution is 6.00. The molecule has 2 rings (SSSR count). The van der Waals surface area contributed by atoms with Gasteiger partial charge in [-0.15, -0.1) is 0 Å². The third-order valence-electron chi connectivity index (χ3n) is 4.20. The normalized spacial score (nSPS) is 20.8. The third kappa shape index (κ3) is 3.07. The summed E-state index contributed by atoms with van der Waals surface area (Å²) in [6.45, 7) is 5.34. The molecule has 1 fully saturated rings. The van der Waals surface area contributed by atoms with Gasteiger partial charge in [-0.2, -0.15) is 0 Å². The van der Waals surface area contributed by atoms with Crippen LogP contribution in [0.4, 0.5) is 0 Å². The van der Waals surface area contributed by atoms with Crippen molar-refractivity contribution in [2.75, 3.05) is 13.1 Å². The minimum Gasteiger partial charge on any atom is -0.369 e. The van der Waals surface area contributed by atoms with Crippen molar-refractivity contribution in [1.29, 1.82) is 0 Å². The van der Waals surface area contributed by atoms with Crippen LogP contribution in [0.25, 0.3) is 0 Å². The molecule has 1 heterocycles. The van der Waals surface area contributed by atoms with Gasteiger partial charge in [0.1, 0.15) is 0 Å². The van der Waals surface area contributed by atoms with Crippen molar-refractivity contribution in [2.24, 2.45) is 11.7 Å². The summed E-state index contributed by atoms with van der Waals surface area (Å²) in [5.74, 6) is -0.273. The first-order valence-electron chi connectivity index (χ1n) is 7.19. The molecule has 2 unspecified atom stereocenters. The number of Topliss-reactive ketones (excluding diaryl/α,β-unsaturated/α-hetero) is 1. The average Bonchev–Trinajstić information content (AvgIpc) is 2.96. The molecule has 4 nitrogen and oxygen atoms in total. The second-order valence-corrected chi connectivity index (χ2v) is 5.47. The fourth-order valence-electron chi connectivity index (χ4n) is 2.68. The fraction of sp³-hybridized carbons (Fsp3) is 0.500. The molecule has 20 heavy (non-hydrogen) atoms. The molecule has 4 heteroatoms. The van der Waals surface area contributed by atoms with Crippen LogP contribution in [0.3, 0.4) is 0 Å². The Kier molecular flexibility index (Phi) is 4.55. The monoisotopic (exact) mass is 274 g/mol. The number of aryl methyl sites for hydroxylation is 1. The van der Waals surface area contributed by atoms with Gasteiger partial charge < -0.3 is 5.73 Å². The van der Waals surface area contributed by atoms with Crippen LogP contribution in [0.5, 0.6) is 0 Å². The summed E-state index contributed by atoms with van der Waals surface area (Å²) < 4.78 is 0. The largest absolute Gasteiger partial charge is 0.369 e. The van der Waals surface area contributed by atoms with Gasteiger partial charge >= 0.3 is 0 Å². The summed E-state index contributed by atoms with van der Waals surface area (Å²) in [6, 6.07) is 7.57. The molecular formula is C16H22N2O2. The number of likely N-dealkylation sites (tertiary alicyclic amines) is 1. The van der Waals surface area contributed by atoms with Gasteiger partial charge in [0.2, 0.25) is 5.91 Å². The Bertz CT molecular complexity index is 496. The molecule has 1 aromatic rings. The Balaban J connectivity index is 2.03. The number of rotatable bonds is 5. The maximum atomic E-state index is 12.4. The molecular weight excluding hydrogens is 252 g/mol. The van der Waals surface area contributed by atoms with Crippen molar-refractivity contribution >= 4 is 11.7 Å². The lowest BCUT2D eigenvalue weighted by Gasteiger charge is -2.23. The van der Waals surface area contributed by atoms with Crippen LogP contribution in [-0.2, 0) is 11.2 Å². The Morgan fingerprint density at radius 1 is 1.35 bits per heavy atom. The lowest BCUT2D eigenvalue weighted by atomic mass is 10.0. The Morgan fingerprint density at radius 3 is 2.50 bits per heavy atom. The SMILES string of the molecule is CCc1ccc(C(=O)C(C)N2CCC(C(N)=O)C2)cc1. The predicted octanol–water partition coefficient (Wildman–Crippen LogP) is 1.63. The highest BCUT2D eigenvalue weighted by Crippen LogP contribution is 2.20. The minimum absolute atomic E-state index is 0.109. The summed E-state index contributed by atoms with van der Waals surface area (Å²) in [5, 5.41) is 0. The molecule has 0 spiro atoms. The zero-order valence-corrected chi connectivity index (χ0v) is 12.1. The topological polar surface area (TPSA) is 63.4 Å². The van der Waals surface area contributed by atoms with E-state index in [1.807, 2.05) is 36.1 Å². The van der Waals surface area contributed by atoms with Gasteiger partial charge in [0, 0.05) is 12.1 Å². The number of ketones is 1. The van der Waals surface area contributed by atoms with E-state index in [4.69, 9.17) is 5.73 Å². The molecule has 1 saturated heterocycles. The van der Waals surface area contributed by atoms with Crippen LogP contribution in [0.15, 0.2) is 24.3 Å². The van der Waals surface area contributed by atoms with Crippen molar-refractivity contribution in [3.8, 4) is 0 Å². The van der Waals surface area contributed by atoms with E-state index in [0.29, 0.717) is 6.54 Å². The van der Waals surface area contributed by atoms with Gasteiger partial charge in [0.25, 0.3) is 0 Å². The van der Waals surface area contributed by atoms with Crippen molar-refractivity contribution in [3.63, 3.8) is 0 Å². The fourth-order valence-corrected chi connectivity index (χ4v) is 2.68. The molecule has 108 valence electrons. The number of primary amides is 1. The number of carbonyl (C=O) groups is 2. The van der Waals surface area contributed by atoms with Crippen LogP contribution in [0, 0.1) is 5.92 Å². The van der Waals surface area contributed by atoms with Crippen LogP contribution >= 0.6 is 0 Å². The quantitative estimate of drug-likeness (QED) is 0.830. The smallest absolute Gasteiger partial charge is 0.221 e. The molecule has 0 radical (unpaired) electrons. The standard InChI is InChI=1S/C16H22N2O2/c1-3-12-4-6-13(7-5-12)15(19)11(2)18-9-8-14(10-18)16(17)20/h4-7,11,14H,3,8-10H2,1-2H3,(H2,17,20). The summed E-state index contributed by atoms with van der Waals surface area (Å²) in [7, 11) is 0. The molecule has 2 atom stereocenters. The van der Waals surface area contributed by atoms with E-state index in [2.05, 4.69) is 6.92 Å². The minimum atomic E-state index is -0.264. The average molecular weight is 274 g/mol. The van der Waals surface area contributed by atoms with E-state index in [1.54, 1.807) is 0 Å². The van der Waals surface area contributed by atoms with Gasteiger partial charge in [-0.1, -0.05) is 31.2 Å². The molecule has 0 aromatic heterocycles. The number of nitrogens with zero attached hydrogens (tertiary/aromatic N) is 1. The van der Waals surface area contributed by atoms with E-state index in [9.17, 15) is 9.59 Å². The third-order valence-corrected chi connectivity index (χ3v) is 4.20. The number of carbonyl (C=O) groups excluding carboxylic acids is 2. The van der Waals surface area contributed by atoms with Gasteiger partial charge in [0.05, 0.1) is 12.0 Å². The predicted molar refractivity (Wildman–Crippen MR) is 78.5 cm³/mol. The Labute approximate surface area is 119 Å². The zero-order chi connectivity index (χ0) is 14.7. The Morgan fingerprint density at radius 2 is 2.00 bits per heavy atom. The van der Waals surface area contributed by atoms with E-state index < -0.39 is 0 Å². The summed E-state index contributed by atoms with van der Waals surface area (Å²) in [6.07, 6.45) is 1.72. The van der Waals surface area contributed by atoms with Gasteiger partial charge in [-0.05, 0) is 31.9 Å². The van der Waals surface area contributed by atoms with E-state index in [1.165, 1.54) is 5.56 Å². The van der Waals surface area contributed by atoms with Crippen molar-refractivity contribution in [1.82, 2.24) is 4.90 Å². The molecule has 1 aliphatic heterocycles. The van der Waals surface area contributed by atoms with Crippen LogP contribution in [0.1, 0.15) is 36.2 Å². The molecule has 1 aromatic carbocycles. The summed E-state index contributed by atoms with van der Waals surface area (Å²) >= 11 is 0. The van der Waals surface area contributed by atoms with Crippen LogP contribution in [0.2, 0.25) is 0 Å². The summed E-state index contributed by atoms with van der Waals surface area (Å²) in [5.41, 5.74) is 7.29. The first kappa shape index (κ1) is 14.7. The first-order chi connectivity index (χ1) is 9.52. The lowest BCUT2D eigenvalue weighted by Crippen LogP contribution is -2.38. The van der Waals surface area contributed by atoms with Crippen LogP contribution < -0.4 is 5.73 Å². The lowest BCUT2D eigenvalue weighted by molar-refractivity contribution is -0.121. The number of hydrogen-bond acceptors (Lipinski definition) is 3. The molecule has 0 saturated carbocycles. The second kappa shape index (κ2) is 6.18. The van der Waals surface area contributed by atoms with Gasteiger partial charge in [-0.3, -0.25) is 14.5 Å². The number of hydrogen-bond donors (Lipinski definition) is 1. The molecule has 1 amide bonds. The number of nitrogens with two attached hydrogens (primary N) is 1. The summed E-state index contributed by atoms with van der Waals surface area (Å²) in [4.78, 5) is 25.7. The van der Waals surface area contributed by atoms with Crippen molar-refractivity contribution < 1.29 is 9.59 Å². The van der Waals surface area contributed by atoms with Crippen molar-refractivity contribution in [2.45, 2.75) is 32.7 Å². The van der Waals surface area contributed by atoms with E-state index in [0.717, 1.165) is 24.9 Å². The molecule has 2 N–H and O–H groups in total.